The Hall–Kier alpha value is -1.00. The van der Waals surface area contributed by atoms with Crippen molar-refractivity contribution in [2.24, 2.45) is 11.6 Å². The van der Waals surface area contributed by atoms with E-state index in [9.17, 15) is 0 Å². The Morgan fingerprint density at radius 1 is 1.27 bits per heavy atom. The first-order chi connectivity index (χ1) is 6.98. The molecule has 0 aliphatic rings. The monoisotopic (exact) mass is 269 g/mol. The number of nitrogens with zero attached hydrogens (tertiary/aromatic N) is 1. The lowest BCUT2D eigenvalue weighted by molar-refractivity contribution is 0.189. The smallest absolute Gasteiger partial charge is 0.0747 e. The third-order valence-corrected chi connectivity index (χ3v) is 2.97. The van der Waals surface area contributed by atoms with Crippen LogP contribution in [-0.2, 0) is 5.54 Å². The van der Waals surface area contributed by atoms with Crippen LogP contribution in [0.3, 0.4) is 0 Å². The number of hydrogen-bond donors (Lipinski definition) is 2. The first kappa shape index (κ1) is 12.1. The van der Waals surface area contributed by atoms with Crippen LogP contribution in [0.5, 0.6) is 0 Å². The number of rotatable bonds is 3. The van der Waals surface area contributed by atoms with Gasteiger partial charge >= 0.3 is 0 Å². The summed E-state index contributed by atoms with van der Waals surface area (Å²) in [5.74, 6) is 5.89. The Bertz CT molecular complexity index is 343. The lowest BCUT2D eigenvalue weighted by atomic mass is 9.94. The van der Waals surface area contributed by atoms with E-state index < -0.39 is 0 Å². The van der Waals surface area contributed by atoms with Crippen molar-refractivity contribution in [1.82, 2.24) is 5.01 Å². The second-order valence-electron chi connectivity index (χ2n) is 3.81. The second-order valence-corrected chi connectivity index (χ2v) is 4.73. The quantitative estimate of drug-likeness (QED) is 0.654. The molecular formula is C11H16BrN3. The van der Waals surface area contributed by atoms with E-state index in [4.69, 9.17) is 11.6 Å². The van der Waals surface area contributed by atoms with Gasteiger partial charge in [0, 0.05) is 16.9 Å². The van der Waals surface area contributed by atoms with Crippen molar-refractivity contribution in [2.45, 2.75) is 19.4 Å². The summed E-state index contributed by atoms with van der Waals surface area (Å²) in [7, 11) is 0. The molecule has 3 nitrogen and oxygen atoms in total. The molecule has 0 spiro atoms. The summed E-state index contributed by atoms with van der Waals surface area (Å²) < 4.78 is 1.06. The first-order valence-electron chi connectivity index (χ1n) is 4.67. The van der Waals surface area contributed by atoms with E-state index in [1.807, 2.05) is 38.1 Å². The van der Waals surface area contributed by atoms with Gasteiger partial charge in [0.15, 0.2) is 0 Å². The van der Waals surface area contributed by atoms with Crippen LogP contribution in [0.1, 0.15) is 19.4 Å². The van der Waals surface area contributed by atoms with Crippen molar-refractivity contribution in [3.63, 3.8) is 0 Å². The molecule has 0 amide bonds. The Morgan fingerprint density at radius 2 is 1.80 bits per heavy atom. The zero-order chi connectivity index (χ0) is 11.5. The predicted octanol–water partition coefficient (Wildman–Crippen LogP) is 2.29. The average molecular weight is 270 g/mol. The molecule has 0 aromatic heterocycles. The highest BCUT2D eigenvalue weighted by atomic mass is 79.9. The lowest BCUT2D eigenvalue weighted by Gasteiger charge is -2.34. The summed E-state index contributed by atoms with van der Waals surface area (Å²) in [6, 6.07) is 8.07. The number of hydrazine groups is 1. The zero-order valence-electron chi connectivity index (χ0n) is 8.94. The number of benzene rings is 1. The van der Waals surface area contributed by atoms with Crippen LogP contribution in [-0.4, -0.2) is 5.01 Å². The van der Waals surface area contributed by atoms with E-state index in [1.54, 1.807) is 11.2 Å². The van der Waals surface area contributed by atoms with Gasteiger partial charge in [-0.2, -0.15) is 0 Å². The van der Waals surface area contributed by atoms with Crippen molar-refractivity contribution >= 4 is 15.9 Å². The van der Waals surface area contributed by atoms with Gasteiger partial charge in [-0.1, -0.05) is 28.1 Å². The van der Waals surface area contributed by atoms with Crippen LogP contribution in [0.2, 0.25) is 0 Å². The minimum absolute atomic E-state index is 0.281. The van der Waals surface area contributed by atoms with Crippen LogP contribution < -0.4 is 11.6 Å². The van der Waals surface area contributed by atoms with Gasteiger partial charge in [-0.3, -0.25) is 0 Å². The second kappa shape index (κ2) is 4.68. The molecule has 0 fully saturated rings. The van der Waals surface area contributed by atoms with E-state index in [1.165, 1.54) is 6.20 Å². The van der Waals surface area contributed by atoms with E-state index in [2.05, 4.69) is 15.9 Å². The molecule has 0 radical (unpaired) electrons. The molecule has 0 bridgehead atoms. The maximum atomic E-state index is 5.89. The molecule has 0 aliphatic carbocycles. The van der Waals surface area contributed by atoms with Gasteiger partial charge in [0.25, 0.3) is 0 Å². The van der Waals surface area contributed by atoms with E-state index >= 15 is 0 Å². The lowest BCUT2D eigenvalue weighted by Crippen LogP contribution is -2.42. The molecule has 4 N–H and O–H groups in total. The Balaban J connectivity index is 2.99. The highest BCUT2D eigenvalue weighted by Crippen LogP contribution is 2.26. The van der Waals surface area contributed by atoms with Crippen LogP contribution in [0.15, 0.2) is 41.1 Å². The standard InChI is InChI=1S/C11H16BrN3/c1-11(2,15(14)8-7-13)9-3-5-10(12)6-4-9/h3-8H,13-14H2,1-2H3/b8-7-. The zero-order valence-corrected chi connectivity index (χ0v) is 10.5. The Kier molecular flexibility index (Phi) is 3.77. The summed E-state index contributed by atoms with van der Waals surface area (Å²) >= 11 is 3.40. The topological polar surface area (TPSA) is 55.3 Å². The summed E-state index contributed by atoms with van der Waals surface area (Å²) in [5, 5.41) is 1.59. The van der Waals surface area contributed by atoms with Crippen LogP contribution in [0.25, 0.3) is 0 Å². The molecule has 0 unspecified atom stereocenters. The van der Waals surface area contributed by atoms with Crippen molar-refractivity contribution in [1.29, 1.82) is 0 Å². The van der Waals surface area contributed by atoms with Crippen molar-refractivity contribution in [2.75, 3.05) is 0 Å². The maximum absolute atomic E-state index is 5.89. The third-order valence-electron chi connectivity index (χ3n) is 2.44. The summed E-state index contributed by atoms with van der Waals surface area (Å²) in [4.78, 5) is 0. The molecule has 1 aromatic rings. The molecule has 15 heavy (non-hydrogen) atoms. The predicted molar refractivity (Wildman–Crippen MR) is 66.5 cm³/mol. The fourth-order valence-electron chi connectivity index (χ4n) is 1.29. The van der Waals surface area contributed by atoms with Crippen LogP contribution >= 0.6 is 15.9 Å². The van der Waals surface area contributed by atoms with Crippen molar-refractivity contribution in [3.05, 3.63) is 46.7 Å². The van der Waals surface area contributed by atoms with Gasteiger partial charge in [-0.15, -0.1) is 0 Å². The molecule has 0 aliphatic heterocycles. The third kappa shape index (κ3) is 2.73. The van der Waals surface area contributed by atoms with E-state index in [-0.39, 0.29) is 5.54 Å². The average Bonchev–Trinajstić information content (AvgIpc) is 2.18. The SMILES string of the molecule is CC(C)(c1ccc(Br)cc1)N(N)/C=C\N. The molecular weight excluding hydrogens is 254 g/mol. The Labute approximate surface area is 98.8 Å². The van der Waals surface area contributed by atoms with Gasteiger partial charge in [-0.05, 0) is 31.5 Å². The Morgan fingerprint density at radius 3 is 2.27 bits per heavy atom. The highest BCUT2D eigenvalue weighted by molar-refractivity contribution is 9.10. The van der Waals surface area contributed by atoms with Gasteiger partial charge < -0.3 is 10.7 Å². The highest BCUT2D eigenvalue weighted by Gasteiger charge is 2.24. The van der Waals surface area contributed by atoms with E-state index in [0.29, 0.717) is 0 Å². The fourth-order valence-corrected chi connectivity index (χ4v) is 1.55. The summed E-state index contributed by atoms with van der Waals surface area (Å²) in [6.07, 6.45) is 3.09. The first-order valence-corrected chi connectivity index (χ1v) is 5.46. The normalized spacial score (nSPS) is 12.0. The van der Waals surface area contributed by atoms with E-state index in [0.717, 1.165) is 10.0 Å². The molecule has 0 atom stereocenters. The molecule has 0 saturated heterocycles. The summed E-state index contributed by atoms with van der Waals surface area (Å²) in [5.41, 5.74) is 6.17. The van der Waals surface area contributed by atoms with Gasteiger partial charge in [0.05, 0.1) is 5.54 Å². The largest absolute Gasteiger partial charge is 0.403 e. The van der Waals surface area contributed by atoms with Crippen molar-refractivity contribution < 1.29 is 0 Å². The van der Waals surface area contributed by atoms with Gasteiger partial charge in [0.2, 0.25) is 0 Å². The van der Waals surface area contributed by atoms with Crippen LogP contribution in [0, 0.1) is 0 Å². The number of nitrogens with two attached hydrogens (primary N) is 2. The maximum Gasteiger partial charge on any atom is 0.0747 e. The number of hydrogen-bond acceptors (Lipinski definition) is 3. The minimum Gasteiger partial charge on any atom is -0.403 e. The molecule has 1 rings (SSSR count). The molecule has 4 heteroatoms. The molecule has 0 saturated carbocycles. The molecule has 1 aromatic carbocycles. The number of halogens is 1. The molecule has 0 heterocycles. The summed E-state index contributed by atoms with van der Waals surface area (Å²) in [6.45, 7) is 4.08. The van der Waals surface area contributed by atoms with Gasteiger partial charge in [-0.25, -0.2) is 5.84 Å². The van der Waals surface area contributed by atoms with Crippen molar-refractivity contribution in [3.8, 4) is 0 Å². The minimum atomic E-state index is -0.281. The van der Waals surface area contributed by atoms with Gasteiger partial charge in [0.1, 0.15) is 0 Å². The fraction of sp³-hybridized carbons (Fsp3) is 0.273. The van der Waals surface area contributed by atoms with Crippen LogP contribution in [0.4, 0.5) is 0 Å². The molecule has 82 valence electrons.